The highest BCUT2D eigenvalue weighted by Crippen LogP contribution is 2.24. The maximum absolute atomic E-state index is 4.27. The van der Waals surface area contributed by atoms with E-state index in [9.17, 15) is 0 Å². The average Bonchev–Trinajstić information content (AvgIpc) is 2.05. The Bertz CT molecular complexity index is 213. The zero-order chi connectivity index (χ0) is 6.81. The van der Waals surface area contributed by atoms with E-state index >= 15 is 0 Å². The molecule has 0 aliphatic carbocycles. The van der Waals surface area contributed by atoms with Crippen LogP contribution in [0, 0.1) is 5.92 Å². The first kappa shape index (κ1) is 5.83. The molecule has 2 aliphatic rings. The summed E-state index contributed by atoms with van der Waals surface area (Å²) < 4.78 is 0. The minimum Gasteiger partial charge on any atom is -0.259 e. The molecule has 1 unspecified atom stereocenters. The third-order valence-electron chi connectivity index (χ3n) is 2.01. The van der Waals surface area contributed by atoms with Gasteiger partial charge in [0.25, 0.3) is 6.20 Å². The molecule has 2 heterocycles. The molecule has 10 heavy (non-hydrogen) atoms. The lowest BCUT2D eigenvalue weighted by Gasteiger charge is -2.15. The van der Waals surface area contributed by atoms with Crippen molar-refractivity contribution in [2.24, 2.45) is 10.9 Å². The fraction of sp³-hybridized carbons (Fsp3) is 0.500. The van der Waals surface area contributed by atoms with Crippen LogP contribution in [0.4, 0.5) is 0 Å². The first-order valence-corrected chi connectivity index (χ1v) is 3.71. The molecule has 0 aromatic rings. The summed E-state index contributed by atoms with van der Waals surface area (Å²) in [7, 11) is 0. The van der Waals surface area contributed by atoms with Crippen LogP contribution >= 0.6 is 0 Å². The molecule has 0 amide bonds. The zero-order valence-corrected chi connectivity index (χ0v) is 5.83. The van der Waals surface area contributed by atoms with Gasteiger partial charge in [-0.25, -0.2) is 0 Å². The van der Waals surface area contributed by atoms with E-state index in [4.69, 9.17) is 0 Å². The highest BCUT2D eigenvalue weighted by Gasteiger charge is 2.22. The number of nitrogens with zero attached hydrogens (tertiary/aromatic N) is 2. The van der Waals surface area contributed by atoms with E-state index in [-0.39, 0.29) is 0 Å². The normalized spacial score (nSPS) is 29.6. The lowest BCUT2D eigenvalue weighted by Crippen LogP contribution is -2.13. The molecule has 1 radical (unpaired) electrons. The highest BCUT2D eigenvalue weighted by atomic mass is 14.8. The molecule has 2 nitrogen and oxygen atoms in total. The van der Waals surface area contributed by atoms with Gasteiger partial charge in [-0.2, -0.15) is 0 Å². The van der Waals surface area contributed by atoms with Crippen LogP contribution in [0.15, 0.2) is 16.9 Å². The standard InChI is InChI=1S/C8H10N2/c1-2-7-3-5-9-6-8(7)10-4-1/h4-7H,1-3H2/q+1. The van der Waals surface area contributed by atoms with Crippen molar-refractivity contribution < 1.29 is 0 Å². The molecule has 0 aromatic carbocycles. The molecule has 51 valence electrons. The van der Waals surface area contributed by atoms with Crippen LogP contribution in [-0.2, 0) is 0 Å². The van der Waals surface area contributed by atoms with Crippen LogP contribution in [0.5, 0.6) is 0 Å². The lowest BCUT2D eigenvalue weighted by molar-refractivity contribution is 0.571. The monoisotopic (exact) mass is 134 g/mol. The van der Waals surface area contributed by atoms with E-state index < -0.39 is 0 Å². The smallest absolute Gasteiger partial charge is 0.259 e. The van der Waals surface area contributed by atoms with E-state index in [1.807, 2.05) is 18.6 Å². The van der Waals surface area contributed by atoms with Crippen LogP contribution in [0.1, 0.15) is 19.3 Å². The average molecular weight is 134 g/mol. The quantitative estimate of drug-likeness (QED) is 0.474. The van der Waals surface area contributed by atoms with Crippen molar-refractivity contribution in [2.75, 3.05) is 0 Å². The zero-order valence-electron chi connectivity index (χ0n) is 5.83. The van der Waals surface area contributed by atoms with Gasteiger partial charge >= 0.3 is 0 Å². The van der Waals surface area contributed by atoms with Gasteiger partial charge in [0.15, 0.2) is 0 Å². The molecule has 0 saturated heterocycles. The SMILES string of the molecule is C1=NC2=C[N+]=CCC2CC1. The predicted octanol–water partition coefficient (Wildman–Crippen LogP) is 1.12. The number of rotatable bonds is 0. The molecular weight excluding hydrogens is 124 g/mol. The highest BCUT2D eigenvalue weighted by molar-refractivity contribution is 5.64. The van der Waals surface area contributed by atoms with Crippen molar-refractivity contribution >= 4 is 12.4 Å². The molecule has 1 atom stereocenters. The molecule has 0 bridgehead atoms. The second-order valence-corrected chi connectivity index (χ2v) is 2.71. The maximum Gasteiger partial charge on any atom is 0.263 e. The topological polar surface area (TPSA) is 26.5 Å². The summed E-state index contributed by atoms with van der Waals surface area (Å²) >= 11 is 0. The van der Waals surface area contributed by atoms with E-state index in [1.165, 1.54) is 12.1 Å². The molecule has 0 aromatic heterocycles. The largest absolute Gasteiger partial charge is 0.263 e. The fourth-order valence-electron chi connectivity index (χ4n) is 1.39. The van der Waals surface area contributed by atoms with Crippen molar-refractivity contribution in [2.45, 2.75) is 19.3 Å². The first-order valence-electron chi connectivity index (χ1n) is 3.71. The van der Waals surface area contributed by atoms with Crippen LogP contribution in [-0.4, -0.2) is 12.4 Å². The van der Waals surface area contributed by atoms with E-state index in [2.05, 4.69) is 9.98 Å². The van der Waals surface area contributed by atoms with Crippen molar-refractivity contribution in [1.82, 2.24) is 4.99 Å². The number of hydrogen-bond acceptors (Lipinski definition) is 2. The van der Waals surface area contributed by atoms with Crippen LogP contribution in [0.2, 0.25) is 0 Å². The van der Waals surface area contributed by atoms with Crippen molar-refractivity contribution in [3.63, 3.8) is 0 Å². The molecule has 0 fully saturated rings. The van der Waals surface area contributed by atoms with E-state index in [0.717, 1.165) is 12.8 Å². The summed E-state index contributed by atoms with van der Waals surface area (Å²) in [6.07, 6.45) is 9.32. The molecule has 0 N–H and O–H groups in total. The molecule has 2 heteroatoms. The Morgan fingerprint density at radius 1 is 1.60 bits per heavy atom. The Morgan fingerprint density at radius 2 is 2.60 bits per heavy atom. The summed E-state index contributed by atoms with van der Waals surface area (Å²) in [6, 6.07) is 0. The molecule has 0 saturated carbocycles. The minimum atomic E-state index is 0.669. The Kier molecular flexibility index (Phi) is 1.38. The summed E-state index contributed by atoms with van der Waals surface area (Å²) in [6.45, 7) is 0. The maximum atomic E-state index is 4.27. The summed E-state index contributed by atoms with van der Waals surface area (Å²) in [5, 5.41) is 0. The summed E-state index contributed by atoms with van der Waals surface area (Å²) in [4.78, 5) is 8.33. The van der Waals surface area contributed by atoms with Gasteiger partial charge in [0.05, 0.1) is 4.99 Å². The van der Waals surface area contributed by atoms with Gasteiger partial charge in [-0.3, -0.25) is 4.99 Å². The van der Waals surface area contributed by atoms with Gasteiger partial charge in [0.1, 0.15) is 5.70 Å². The van der Waals surface area contributed by atoms with Gasteiger partial charge in [-0.15, -0.1) is 0 Å². The van der Waals surface area contributed by atoms with Gasteiger partial charge in [0, 0.05) is 18.6 Å². The number of aliphatic imine (C=N–C) groups is 2. The Balaban J connectivity index is 2.27. The van der Waals surface area contributed by atoms with Crippen molar-refractivity contribution in [3.05, 3.63) is 11.9 Å². The molecular formula is C8H10N2+. The van der Waals surface area contributed by atoms with Crippen LogP contribution < -0.4 is 4.99 Å². The Hall–Kier alpha value is -0.920. The van der Waals surface area contributed by atoms with E-state index in [1.54, 1.807) is 0 Å². The first-order chi connectivity index (χ1) is 4.97. The second-order valence-electron chi connectivity index (χ2n) is 2.71. The third-order valence-corrected chi connectivity index (χ3v) is 2.01. The number of hydrogen-bond donors (Lipinski definition) is 0. The summed E-state index contributed by atoms with van der Waals surface area (Å²) in [5.41, 5.74) is 1.17. The predicted molar refractivity (Wildman–Crippen MR) is 42.1 cm³/mol. The van der Waals surface area contributed by atoms with Crippen LogP contribution in [0.25, 0.3) is 0 Å². The fourth-order valence-corrected chi connectivity index (χ4v) is 1.39. The van der Waals surface area contributed by atoms with E-state index in [0.29, 0.717) is 5.92 Å². The summed E-state index contributed by atoms with van der Waals surface area (Å²) in [5.74, 6) is 0.669. The van der Waals surface area contributed by atoms with Gasteiger partial charge in [0.2, 0.25) is 6.21 Å². The molecule has 0 spiro atoms. The Morgan fingerprint density at radius 3 is 3.50 bits per heavy atom. The molecule has 2 rings (SSSR count). The van der Waals surface area contributed by atoms with Crippen LogP contribution in [0.3, 0.4) is 0 Å². The van der Waals surface area contributed by atoms with Gasteiger partial charge in [-0.05, 0) is 12.8 Å². The number of fused-ring (bicyclic) bond motifs is 1. The minimum absolute atomic E-state index is 0.669. The number of allylic oxidation sites excluding steroid dienone is 1. The Labute approximate surface area is 60.4 Å². The molecule has 2 aliphatic heterocycles. The second kappa shape index (κ2) is 2.37. The van der Waals surface area contributed by atoms with Crippen molar-refractivity contribution in [3.8, 4) is 0 Å². The lowest BCUT2D eigenvalue weighted by atomic mass is 9.94. The van der Waals surface area contributed by atoms with Crippen molar-refractivity contribution in [1.29, 1.82) is 0 Å². The van der Waals surface area contributed by atoms with Gasteiger partial charge in [-0.1, -0.05) is 0 Å². The third kappa shape index (κ3) is 0.897. The van der Waals surface area contributed by atoms with Gasteiger partial charge < -0.3 is 0 Å².